The summed E-state index contributed by atoms with van der Waals surface area (Å²) in [5.74, 6) is 1.47. The van der Waals surface area contributed by atoms with E-state index in [9.17, 15) is 30.0 Å². The summed E-state index contributed by atoms with van der Waals surface area (Å²) in [5, 5.41) is 44.7. The number of carbonyl (C=O) groups excluding carboxylic acids is 2. The Morgan fingerprint density at radius 2 is 0.481 bits per heavy atom. The molecule has 0 fully saturated rings. The molecule has 0 aliphatic heterocycles. The maximum absolute atomic E-state index is 12.9. The third-order valence-corrected chi connectivity index (χ3v) is 18.5. The second kappa shape index (κ2) is 63.8. The average molecular weight is 1160 g/mol. The van der Waals surface area contributed by atoms with Crippen LogP contribution < -0.4 is 0 Å². The zero-order chi connectivity index (χ0) is 57.8. The highest BCUT2D eigenvalue weighted by atomic mass is 32.2. The minimum atomic E-state index is -0.381. The Morgan fingerprint density at radius 3 is 0.696 bits per heavy atom. The van der Waals surface area contributed by atoms with Crippen LogP contribution in [0.4, 0.5) is 0 Å². The van der Waals surface area contributed by atoms with Crippen molar-refractivity contribution in [1.82, 2.24) is 9.80 Å². The van der Waals surface area contributed by atoms with E-state index in [0.717, 1.165) is 108 Å². The molecule has 0 radical (unpaired) electrons. The van der Waals surface area contributed by atoms with Gasteiger partial charge in [0.25, 0.3) is 0 Å². The Hall–Kier alpha value is -0.200. The molecule has 0 saturated heterocycles. The molecule has 0 aromatic heterocycles. The van der Waals surface area contributed by atoms with Gasteiger partial charge in [-0.2, -0.15) is 0 Å². The summed E-state index contributed by atoms with van der Waals surface area (Å²) >= 11 is 2.80. The van der Waals surface area contributed by atoms with Gasteiger partial charge < -0.3 is 20.4 Å². The number of hydrogen-bond acceptors (Lipinski definition) is 10. The summed E-state index contributed by atoms with van der Waals surface area (Å²) in [4.78, 5) is 30.3. The van der Waals surface area contributed by atoms with Crippen molar-refractivity contribution in [2.24, 2.45) is 0 Å². The minimum Gasteiger partial charge on any atom is -0.392 e. The van der Waals surface area contributed by atoms with Gasteiger partial charge in [-0.05, 0) is 70.9 Å². The number of carbonyl (C=O) groups is 2. The van der Waals surface area contributed by atoms with Gasteiger partial charge in [-0.15, -0.1) is 0 Å². The highest BCUT2D eigenvalue weighted by molar-refractivity contribution is 8.14. The van der Waals surface area contributed by atoms with Crippen LogP contribution in [0.2, 0.25) is 0 Å². The lowest BCUT2D eigenvalue weighted by Crippen LogP contribution is -2.38. The van der Waals surface area contributed by atoms with E-state index < -0.39 is 0 Å². The first-order valence-corrected chi connectivity index (χ1v) is 37.1. The van der Waals surface area contributed by atoms with Gasteiger partial charge in [0, 0.05) is 50.5 Å². The average Bonchev–Trinajstić information content (AvgIpc) is 3.42. The molecular weight excluding hydrogens is 1020 g/mol. The molecule has 79 heavy (non-hydrogen) atoms. The number of aliphatic hydroxyl groups excluding tert-OH is 4. The summed E-state index contributed by atoms with van der Waals surface area (Å²) in [6.07, 6.45) is 58.5. The van der Waals surface area contributed by atoms with Gasteiger partial charge in [0.15, 0.2) is 10.2 Å². The molecule has 4 unspecified atom stereocenters. The summed E-state index contributed by atoms with van der Waals surface area (Å²) in [6.45, 7) is 13.0. The van der Waals surface area contributed by atoms with Crippen molar-refractivity contribution in [3.05, 3.63) is 0 Å². The van der Waals surface area contributed by atoms with E-state index in [-0.39, 0.29) is 34.6 Å². The number of aliphatic hydroxyl groups is 4. The molecule has 4 N–H and O–H groups in total. The summed E-state index contributed by atoms with van der Waals surface area (Å²) in [6, 6.07) is 0. The molecule has 0 aromatic rings. The summed E-state index contributed by atoms with van der Waals surface area (Å²) < 4.78 is 0. The number of nitrogens with zero attached hydrogens (tertiary/aromatic N) is 2. The van der Waals surface area contributed by atoms with E-state index in [2.05, 4.69) is 37.5 Å². The van der Waals surface area contributed by atoms with E-state index >= 15 is 0 Å². The van der Waals surface area contributed by atoms with E-state index in [4.69, 9.17) is 0 Å². The third-order valence-electron chi connectivity index (χ3n) is 16.5. The van der Waals surface area contributed by atoms with Crippen LogP contribution in [-0.2, 0) is 9.59 Å². The first-order valence-electron chi connectivity index (χ1n) is 35.1. The van der Waals surface area contributed by atoms with Crippen molar-refractivity contribution < 1.29 is 30.0 Å². The Morgan fingerprint density at radius 1 is 0.278 bits per heavy atom. The number of hydrogen-bond donors (Lipinski definition) is 4. The third kappa shape index (κ3) is 60.7. The molecule has 0 saturated carbocycles. The maximum atomic E-state index is 12.9. The molecule has 0 aromatic carbocycles. The molecule has 10 heteroatoms. The van der Waals surface area contributed by atoms with Crippen LogP contribution in [0.5, 0.6) is 0 Å². The maximum Gasteiger partial charge on any atom is 0.188 e. The van der Waals surface area contributed by atoms with Crippen molar-refractivity contribution in [1.29, 1.82) is 0 Å². The van der Waals surface area contributed by atoms with Crippen molar-refractivity contribution in [2.45, 2.75) is 380 Å². The Balaban J connectivity index is 4.69. The molecule has 0 aliphatic carbocycles. The summed E-state index contributed by atoms with van der Waals surface area (Å²) in [7, 11) is 0. The van der Waals surface area contributed by atoms with Crippen LogP contribution >= 0.6 is 23.5 Å². The normalized spacial score (nSPS) is 13.5. The first-order chi connectivity index (χ1) is 38.6. The Labute approximate surface area is 501 Å². The number of thioether (sulfide) groups is 2. The van der Waals surface area contributed by atoms with E-state index in [1.807, 2.05) is 0 Å². The predicted molar refractivity (Wildman–Crippen MR) is 350 cm³/mol. The van der Waals surface area contributed by atoms with Crippen molar-refractivity contribution >= 4 is 33.8 Å². The van der Waals surface area contributed by atoms with Crippen molar-refractivity contribution in [3.8, 4) is 0 Å². The molecule has 0 amide bonds. The van der Waals surface area contributed by atoms with Crippen LogP contribution in [0.15, 0.2) is 0 Å². The topological polar surface area (TPSA) is 122 Å². The number of rotatable bonds is 66. The van der Waals surface area contributed by atoms with Crippen LogP contribution in [0, 0.1) is 0 Å². The van der Waals surface area contributed by atoms with Crippen molar-refractivity contribution in [2.75, 3.05) is 50.8 Å². The number of unbranched alkanes of at least 4 members (excludes halogenated alkanes) is 38. The summed E-state index contributed by atoms with van der Waals surface area (Å²) in [5.41, 5.74) is 0. The highest BCUT2D eigenvalue weighted by Crippen LogP contribution is 2.20. The van der Waals surface area contributed by atoms with Gasteiger partial charge in [0.05, 0.1) is 24.4 Å². The van der Waals surface area contributed by atoms with Crippen LogP contribution in [0.3, 0.4) is 0 Å². The molecule has 0 bridgehead atoms. The fraction of sp³-hybridized carbons (Fsp3) is 0.971. The largest absolute Gasteiger partial charge is 0.392 e. The van der Waals surface area contributed by atoms with Gasteiger partial charge in [0.1, 0.15) is 0 Å². The van der Waals surface area contributed by atoms with Crippen LogP contribution in [0.1, 0.15) is 355 Å². The molecule has 0 spiro atoms. The Bertz CT molecular complexity index is 1080. The van der Waals surface area contributed by atoms with Crippen LogP contribution in [-0.4, -0.2) is 116 Å². The fourth-order valence-corrected chi connectivity index (χ4v) is 13.1. The predicted octanol–water partition coefficient (Wildman–Crippen LogP) is 19.5. The minimum absolute atomic E-state index is 0.219. The molecule has 0 heterocycles. The Kier molecular flexibility index (Phi) is 63.7. The SMILES string of the molecule is CCCCCCCCCCCCC(O)CN(CCCCC(=O)SCCCSC(=O)CCCCN(CC(O)CCCCCCCCCCCC)CC(O)CCCCCCCCCCCC)CC(O)CCCCCCCCCCCC. The molecule has 0 rings (SSSR count). The molecule has 4 atom stereocenters. The lowest BCUT2D eigenvalue weighted by molar-refractivity contribution is -0.111. The second-order valence-corrected chi connectivity index (χ2v) is 27.0. The standard InChI is InChI=1S/C69H138N2O6S2/c1-5-9-13-17-21-25-29-33-37-41-50-64(72)60-70(61-65(73)51-42-38-34-30-26-22-18-14-10-6-2)56-47-45-54-68(76)78-58-49-59-79-69(77)55-46-48-57-71(62-66(74)52-43-39-35-31-27-23-19-15-11-7-3)63-67(75)53-44-40-36-32-28-24-20-16-12-8-4/h64-67,72-75H,5-63H2,1-4H3. The molecule has 8 nitrogen and oxygen atoms in total. The molecule has 0 aliphatic rings. The fourth-order valence-electron chi connectivity index (χ4n) is 11.3. The van der Waals surface area contributed by atoms with Gasteiger partial charge in [-0.25, -0.2) is 0 Å². The van der Waals surface area contributed by atoms with Crippen LogP contribution in [0.25, 0.3) is 0 Å². The van der Waals surface area contributed by atoms with Crippen molar-refractivity contribution in [3.63, 3.8) is 0 Å². The van der Waals surface area contributed by atoms with E-state index in [1.165, 1.54) is 255 Å². The van der Waals surface area contributed by atoms with Gasteiger partial charge in [-0.3, -0.25) is 19.4 Å². The lowest BCUT2D eigenvalue weighted by Gasteiger charge is -2.27. The van der Waals surface area contributed by atoms with Gasteiger partial charge >= 0.3 is 0 Å². The molecular formula is C69H138N2O6S2. The van der Waals surface area contributed by atoms with Gasteiger partial charge in [-0.1, -0.05) is 308 Å². The quantitative estimate of drug-likeness (QED) is 0.0438. The van der Waals surface area contributed by atoms with Gasteiger partial charge in [0.2, 0.25) is 0 Å². The monoisotopic (exact) mass is 1150 g/mol. The highest BCUT2D eigenvalue weighted by Gasteiger charge is 2.18. The smallest absolute Gasteiger partial charge is 0.188 e. The molecule has 472 valence electrons. The van der Waals surface area contributed by atoms with E-state index in [0.29, 0.717) is 39.0 Å². The zero-order valence-electron chi connectivity index (χ0n) is 53.3. The zero-order valence-corrected chi connectivity index (χ0v) is 55.0. The second-order valence-electron chi connectivity index (χ2n) is 24.7. The lowest BCUT2D eigenvalue weighted by atomic mass is 10.0. The van der Waals surface area contributed by atoms with E-state index in [1.54, 1.807) is 0 Å². The first kappa shape index (κ1) is 78.8.